The molecule has 2 aromatic carbocycles. The third kappa shape index (κ3) is 7.88. The van der Waals surface area contributed by atoms with Gasteiger partial charge in [-0.15, -0.1) is 0 Å². The van der Waals surface area contributed by atoms with E-state index in [2.05, 4.69) is 5.32 Å². The summed E-state index contributed by atoms with van der Waals surface area (Å²) in [6.45, 7) is 9.43. The molecule has 1 N–H and O–H groups in total. The predicted molar refractivity (Wildman–Crippen MR) is 116 cm³/mol. The summed E-state index contributed by atoms with van der Waals surface area (Å²) in [6.07, 6.45) is 1.27. The fourth-order valence-corrected chi connectivity index (χ4v) is 3.06. The zero-order valence-electron chi connectivity index (χ0n) is 16.8. The van der Waals surface area contributed by atoms with E-state index in [1.54, 1.807) is 12.1 Å². The van der Waals surface area contributed by atoms with Gasteiger partial charge in [-0.1, -0.05) is 35.3 Å². The Bertz CT molecular complexity index is 738. The predicted octanol–water partition coefficient (Wildman–Crippen LogP) is 5.88. The SMILES string of the molecule is CCOc1cc(CNCCCOC(C)C)ccc1OCc1ccc(Cl)cc1Cl. The minimum atomic E-state index is 0.282. The average Bonchev–Trinajstić information content (AvgIpc) is 2.65. The molecule has 0 unspecified atom stereocenters. The molecule has 2 rings (SSSR count). The normalized spacial score (nSPS) is 11.1. The van der Waals surface area contributed by atoms with Gasteiger partial charge in [0.15, 0.2) is 11.5 Å². The fraction of sp³-hybridized carbons (Fsp3) is 0.455. The molecule has 28 heavy (non-hydrogen) atoms. The quantitative estimate of drug-likeness (QED) is 0.431. The number of ether oxygens (including phenoxy) is 3. The maximum atomic E-state index is 6.22. The summed E-state index contributed by atoms with van der Waals surface area (Å²) >= 11 is 12.2. The molecule has 0 saturated carbocycles. The van der Waals surface area contributed by atoms with Crippen LogP contribution in [-0.2, 0) is 17.9 Å². The second-order valence-corrected chi connectivity index (χ2v) is 7.53. The van der Waals surface area contributed by atoms with Crippen LogP contribution in [0.15, 0.2) is 36.4 Å². The Morgan fingerprint density at radius 1 is 1.00 bits per heavy atom. The van der Waals surface area contributed by atoms with Crippen molar-refractivity contribution in [3.63, 3.8) is 0 Å². The van der Waals surface area contributed by atoms with E-state index in [9.17, 15) is 0 Å². The molecule has 0 spiro atoms. The van der Waals surface area contributed by atoms with Crippen molar-refractivity contribution >= 4 is 23.2 Å². The molecule has 0 bridgehead atoms. The smallest absolute Gasteiger partial charge is 0.161 e. The lowest BCUT2D eigenvalue weighted by Crippen LogP contribution is -2.17. The van der Waals surface area contributed by atoms with Gasteiger partial charge in [-0.2, -0.15) is 0 Å². The molecule has 0 aliphatic carbocycles. The summed E-state index contributed by atoms with van der Waals surface area (Å²) in [7, 11) is 0. The molecule has 0 saturated heterocycles. The molecule has 0 aromatic heterocycles. The van der Waals surface area contributed by atoms with Gasteiger partial charge in [0.2, 0.25) is 0 Å². The van der Waals surface area contributed by atoms with Gasteiger partial charge in [-0.05, 0) is 63.6 Å². The van der Waals surface area contributed by atoms with Crippen LogP contribution in [0, 0.1) is 0 Å². The number of nitrogens with one attached hydrogen (secondary N) is 1. The van der Waals surface area contributed by atoms with Crippen molar-refractivity contribution in [1.82, 2.24) is 5.32 Å². The summed E-state index contributed by atoms with van der Waals surface area (Å²) < 4.78 is 17.2. The third-order valence-electron chi connectivity index (χ3n) is 3.98. The molecule has 2 aromatic rings. The maximum Gasteiger partial charge on any atom is 0.161 e. The van der Waals surface area contributed by atoms with E-state index < -0.39 is 0 Å². The molecule has 0 fully saturated rings. The Kier molecular flexibility index (Phi) is 9.93. The van der Waals surface area contributed by atoms with E-state index in [4.69, 9.17) is 37.4 Å². The lowest BCUT2D eigenvalue weighted by atomic mass is 10.2. The molecule has 0 amide bonds. The minimum absolute atomic E-state index is 0.282. The van der Waals surface area contributed by atoms with Gasteiger partial charge in [0.05, 0.1) is 12.7 Å². The van der Waals surface area contributed by atoms with Crippen molar-refractivity contribution in [3.05, 3.63) is 57.6 Å². The van der Waals surface area contributed by atoms with Gasteiger partial charge in [0.1, 0.15) is 6.61 Å². The number of benzene rings is 2. The summed E-state index contributed by atoms with van der Waals surface area (Å²) in [5.41, 5.74) is 2.02. The van der Waals surface area contributed by atoms with E-state index in [0.29, 0.717) is 29.0 Å². The largest absolute Gasteiger partial charge is 0.490 e. The molecule has 0 heterocycles. The summed E-state index contributed by atoms with van der Waals surface area (Å²) in [6, 6.07) is 11.4. The number of hydrogen-bond donors (Lipinski definition) is 1. The van der Waals surface area contributed by atoms with Crippen LogP contribution in [0.5, 0.6) is 11.5 Å². The van der Waals surface area contributed by atoms with E-state index in [1.807, 2.05) is 45.0 Å². The highest BCUT2D eigenvalue weighted by Gasteiger charge is 2.09. The topological polar surface area (TPSA) is 39.7 Å². The molecule has 154 valence electrons. The fourth-order valence-electron chi connectivity index (χ4n) is 2.59. The van der Waals surface area contributed by atoms with Gasteiger partial charge in [0.25, 0.3) is 0 Å². The van der Waals surface area contributed by atoms with Gasteiger partial charge in [0, 0.05) is 28.8 Å². The monoisotopic (exact) mass is 425 g/mol. The van der Waals surface area contributed by atoms with E-state index >= 15 is 0 Å². The van der Waals surface area contributed by atoms with E-state index in [-0.39, 0.29) is 6.10 Å². The molecule has 0 atom stereocenters. The highest BCUT2D eigenvalue weighted by molar-refractivity contribution is 6.35. The molecule has 6 heteroatoms. The van der Waals surface area contributed by atoms with Crippen LogP contribution >= 0.6 is 23.2 Å². The van der Waals surface area contributed by atoms with Crippen LogP contribution in [0.1, 0.15) is 38.3 Å². The van der Waals surface area contributed by atoms with Crippen LogP contribution in [0.3, 0.4) is 0 Å². The van der Waals surface area contributed by atoms with Crippen molar-refractivity contribution in [1.29, 1.82) is 0 Å². The number of hydrogen-bond acceptors (Lipinski definition) is 4. The summed E-state index contributed by atoms with van der Waals surface area (Å²) in [4.78, 5) is 0. The standard InChI is InChI=1S/C22H29Cl2NO3/c1-4-26-22-12-17(14-25-10-5-11-27-16(2)3)6-9-21(22)28-15-18-7-8-19(23)13-20(18)24/h6-9,12-13,16,25H,4-5,10-11,14-15H2,1-3H3. The molecule has 0 radical (unpaired) electrons. The minimum Gasteiger partial charge on any atom is -0.490 e. The Labute approximate surface area is 178 Å². The first-order valence-corrected chi connectivity index (χ1v) is 10.4. The third-order valence-corrected chi connectivity index (χ3v) is 4.57. The molecule has 4 nitrogen and oxygen atoms in total. The summed E-state index contributed by atoms with van der Waals surface area (Å²) in [5.74, 6) is 1.43. The second kappa shape index (κ2) is 12.2. The Morgan fingerprint density at radius 3 is 2.54 bits per heavy atom. The highest BCUT2D eigenvalue weighted by atomic mass is 35.5. The van der Waals surface area contributed by atoms with Crippen LogP contribution in [0.4, 0.5) is 0 Å². The highest BCUT2D eigenvalue weighted by Crippen LogP contribution is 2.30. The maximum absolute atomic E-state index is 6.22. The van der Waals surface area contributed by atoms with Crippen molar-refractivity contribution in [3.8, 4) is 11.5 Å². The second-order valence-electron chi connectivity index (χ2n) is 6.69. The lowest BCUT2D eigenvalue weighted by molar-refractivity contribution is 0.0770. The average molecular weight is 426 g/mol. The Morgan fingerprint density at radius 2 is 1.82 bits per heavy atom. The van der Waals surface area contributed by atoms with Gasteiger partial charge in [-0.25, -0.2) is 0 Å². The Balaban J connectivity index is 1.90. The first-order chi connectivity index (χ1) is 13.5. The van der Waals surface area contributed by atoms with Crippen molar-refractivity contribution in [2.45, 2.75) is 46.4 Å². The van der Waals surface area contributed by atoms with E-state index in [1.165, 1.54) is 0 Å². The van der Waals surface area contributed by atoms with Crippen molar-refractivity contribution in [2.24, 2.45) is 0 Å². The zero-order valence-corrected chi connectivity index (χ0v) is 18.3. The van der Waals surface area contributed by atoms with E-state index in [0.717, 1.165) is 43.0 Å². The van der Waals surface area contributed by atoms with Gasteiger partial charge < -0.3 is 19.5 Å². The molecule has 0 aliphatic rings. The molecular formula is C22H29Cl2NO3. The van der Waals surface area contributed by atoms with Crippen LogP contribution in [0.2, 0.25) is 10.0 Å². The Hall–Kier alpha value is -1.46. The molecule has 0 aliphatic heterocycles. The number of halogens is 2. The summed E-state index contributed by atoms with van der Waals surface area (Å²) in [5, 5.41) is 4.63. The first kappa shape index (κ1) is 22.8. The van der Waals surface area contributed by atoms with Gasteiger partial charge in [-0.3, -0.25) is 0 Å². The molecular weight excluding hydrogens is 397 g/mol. The van der Waals surface area contributed by atoms with Crippen molar-refractivity contribution in [2.75, 3.05) is 19.8 Å². The lowest BCUT2D eigenvalue weighted by Gasteiger charge is -2.14. The number of rotatable bonds is 12. The van der Waals surface area contributed by atoms with Crippen molar-refractivity contribution < 1.29 is 14.2 Å². The van der Waals surface area contributed by atoms with Crippen LogP contribution in [-0.4, -0.2) is 25.9 Å². The van der Waals surface area contributed by atoms with Crippen LogP contribution < -0.4 is 14.8 Å². The first-order valence-electron chi connectivity index (χ1n) is 9.64. The van der Waals surface area contributed by atoms with Crippen LogP contribution in [0.25, 0.3) is 0 Å². The van der Waals surface area contributed by atoms with Gasteiger partial charge >= 0.3 is 0 Å². The zero-order chi connectivity index (χ0) is 20.4.